The molecule has 1 rings (SSSR count). The molecule has 0 atom stereocenters. The largest absolute Gasteiger partial charge is 0.399 e. The molecule has 0 amide bonds. The van der Waals surface area contributed by atoms with Crippen LogP contribution in [0.2, 0.25) is 13.1 Å². The fourth-order valence-electron chi connectivity index (χ4n) is 1.18. The third-order valence-corrected chi connectivity index (χ3v) is 3.46. The molecule has 0 aliphatic carbocycles. The van der Waals surface area contributed by atoms with Crippen molar-refractivity contribution in [2.24, 2.45) is 0 Å². The molecule has 0 bridgehead atoms. The van der Waals surface area contributed by atoms with Gasteiger partial charge in [-0.1, -0.05) is 24.3 Å². The first-order valence-electron chi connectivity index (χ1n) is 3.96. The minimum absolute atomic E-state index is 0.665. The number of aryl methyl sites for hydroxylation is 1. The van der Waals surface area contributed by atoms with E-state index < -0.39 is 8.80 Å². The van der Waals surface area contributed by atoms with Gasteiger partial charge in [0.05, 0.1) is 8.80 Å². The Morgan fingerprint density at radius 2 is 1.82 bits per heavy atom. The highest BCUT2D eigenvalue weighted by Gasteiger charge is 2.00. The number of benzene rings is 1. The molecule has 0 saturated carbocycles. The van der Waals surface area contributed by atoms with E-state index in [4.69, 9.17) is 5.73 Å². The Kier molecular flexibility index (Phi) is 2.34. The number of rotatable bonds is 1. The van der Waals surface area contributed by atoms with Gasteiger partial charge in [0.15, 0.2) is 0 Å². The molecule has 0 unspecified atom stereocenters. The topological polar surface area (TPSA) is 26.0 Å². The van der Waals surface area contributed by atoms with Crippen LogP contribution >= 0.6 is 0 Å². The summed E-state index contributed by atoms with van der Waals surface area (Å²) in [4.78, 5) is 0. The highest BCUT2D eigenvalue weighted by Crippen LogP contribution is 2.03. The lowest BCUT2D eigenvalue weighted by atomic mass is 10.2. The Balaban J connectivity index is 3.08. The number of nitrogen functional groups attached to an aromatic ring is 1. The SMILES string of the molecule is Cc1cc(N)cc([SiH](C)C)c1. The summed E-state index contributed by atoms with van der Waals surface area (Å²) in [6.07, 6.45) is 0. The second-order valence-electron chi connectivity index (χ2n) is 3.33. The van der Waals surface area contributed by atoms with Crippen molar-refractivity contribution in [3.05, 3.63) is 23.8 Å². The highest BCUT2D eigenvalue weighted by atomic mass is 28.3. The summed E-state index contributed by atoms with van der Waals surface area (Å²) in [7, 11) is -0.665. The average molecular weight is 165 g/mol. The third-order valence-electron chi connectivity index (χ3n) is 1.79. The Hall–Kier alpha value is -0.763. The first kappa shape index (κ1) is 8.33. The summed E-state index contributed by atoms with van der Waals surface area (Å²) >= 11 is 0. The second-order valence-corrected chi connectivity index (χ2v) is 6.31. The Morgan fingerprint density at radius 3 is 2.27 bits per heavy atom. The van der Waals surface area contributed by atoms with Crippen LogP contribution < -0.4 is 10.9 Å². The number of hydrogen-bond acceptors (Lipinski definition) is 1. The molecule has 1 aromatic carbocycles. The molecule has 2 N–H and O–H groups in total. The van der Waals surface area contributed by atoms with Gasteiger partial charge >= 0.3 is 0 Å². The maximum absolute atomic E-state index is 5.72. The van der Waals surface area contributed by atoms with Gasteiger partial charge in [0.25, 0.3) is 0 Å². The van der Waals surface area contributed by atoms with Gasteiger partial charge in [-0.3, -0.25) is 0 Å². The van der Waals surface area contributed by atoms with Crippen LogP contribution in [0.15, 0.2) is 18.2 Å². The smallest absolute Gasteiger partial charge is 0.0648 e. The molecular weight excluding hydrogens is 150 g/mol. The molecule has 11 heavy (non-hydrogen) atoms. The van der Waals surface area contributed by atoms with Gasteiger partial charge in [0, 0.05) is 5.69 Å². The summed E-state index contributed by atoms with van der Waals surface area (Å²) < 4.78 is 0. The average Bonchev–Trinajstić information content (AvgIpc) is 1.85. The van der Waals surface area contributed by atoms with Gasteiger partial charge in [0.2, 0.25) is 0 Å². The molecule has 2 heteroatoms. The summed E-state index contributed by atoms with van der Waals surface area (Å²) in [5, 5.41) is 1.46. The molecule has 0 fully saturated rings. The van der Waals surface area contributed by atoms with E-state index in [-0.39, 0.29) is 0 Å². The van der Waals surface area contributed by atoms with Crippen LogP contribution in [0.25, 0.3) is 0 Å². The van der Waals surface area contributed by atoms with Crippen molar-refractivity contribution in [2.75, 3.05) is 5.73 Å². The molecular formula is C9H15NSi. The fraction of sp³-hybridized carbons (Fsp3) is 0.333. The minimum atomic E-state index is -0.665. The van der Waals surface area contributed by atoms with E-state index in [1.54, 1.807) is 0 Å². The van der Waals surface area contributed by atoms with Gasteiger partial charge in [-0.05, 0) is 24.6 Å². The first-order valence-corrected chi connectivity index (χ1v) is 6.85. The maximum atomic E-state index is 5.72. The lowest BCUT2D eigenvalue weighted by molar-refractivity contribution is 1.49. The van der Waals surface area contributed by atoms with Crippen LogP contribution in [-0.4, -0.2) is 8.80 Å². The molecule has 0 aliphatic heterocycles. The summed E-state index contributed by atoms with van der Waals surface area (Å²) in [5.74, 6) is 0. The van der Waals surface area contributed by atoms with E-state index in [2.05, 4.69) is 32.2 Å². The number of nitrogens with two attached hydrogens (primary N) is 1. The predicted molar refractivity (Wildman–Crippen MR) is 54.1 cm³/mol. The molecule has 1 aromatic rings. The fourth-order valence-corrected chi connectivity index (χ4v) is 2.30. The molecule has 0 spiro atoms. The van der Waals surface area contributed by atoms with E-state index >= 15 is 0 Å². The molecule has 0 saturated heterocycles. The molecule has 0 aliphatic rings. The standard InChI is InChI=1S/C9H15NSi/c1-7-4-8(10)6-9(5-7)11(2)3/h4-6,11H,10H2,1-3H3. The molecule has 0 aromatic heterocycles. The van der Waals surface area contributed by atoms with Gasteiger partial charge in [-0.2, -0.15) is 0 Å². The van der Waals surface area contributed by atoms with E-state index in [0.29, 0.717) is 0 Å². The second kappa shape index (κ2) is 3.09. The summed E-state index contributed by atoms with van der Waals surface area (Å²) in [6.45, 7) is 6.72. The van der Waals surface area contributed by atoms with Crippen molar-refractivity contribution in [1.82, 2.24) is 0 Å². The minimum Gasteiger partial charge on any atom is -0.399 e. The van der Waals surface area contributed by atoms with Crippen LogP contribution in [0.1, 0.15) is 5.56 Å². The molecule has 60 valence electrons. The van der Waals surface area contributed by atoms with Gasteiger partial charge in [0.1, 0.15) is 0 Å². The van der Waals surface area contributed by atoms with Crippen LogP contribution in [0, 0.1) is 6.92 Å². The maximum Gasteiger partial charge on any atom is 0.0648 e. The van der Waals surface area contributed by atoms with Crippen molar-refractivity contribution < 1.29 is 0 Å². The van der Waals surface area contributed by atoms with Crippen molar-refractivity contribution in [3.8, 4) is 0 Å². The van der Waals surface area contributed by atoms with E-state index in [1.807, 2.05) is 6.07 Å². The van der Waals surface area contributed by atoms with Gasteiger partial charge < -0.3 is 5.73 Å². The zero-order valence-corrected chi connectivity index (χ0v) is 8.54. The zero-order chi connectivity index (χ0) is 8.43. The third kappa shape index (κ3) is 2.08. The summed E-state index contributed by atoms with van der Waals surface area (Å²) in [6, 6.07) is 6.36. The molecule has 0 radical (unpaired) electrons. The van der Waals surface area contributed by atoms with Gasteiger partial charge in [-0.15, -0.1) is 0 Å². The van der Waals surface area contributed by atoms with Crippen molar-refractivity contribution >= 4 is 19.7 Å². The van der Waals surface area contributed by atoms with E-state index in [0.717, 1.165) is 5.69 Å². The predicted octanol–water partition coefficient (Wildman–Crippen LogP) is 1.27. The number of anilines is 1. The van der Waals surface area contributed by atoms with Crippen LogP contribution in [0.5, 0.6) is 0 Å². The lowest BCUT2D eigenvalue weighted by Gasteiger charge is -2.06. The zero-order valence-electron chi connectivity index (χ0n) is 7.39. The highest BCUT2D eigenvalue weighted by molar-refractivity contribution is 6.70. The van der Waals surface area contributed by atoms with Crippen LogP contribution in [-0.2, 0) is 0 Å². The molecule has 1 nitrogen and oxygen atoms in total. The van der Waals surface area contributed by atoms with E-state index in [1.165, 1.54) is 10.8 Å². The van der Waals surface area contributed by atoms with Crippen molar-refractivity contribution in [1.29, 1.82) is 0 Å². The van der Waals surface area contributed by atoms with Gasteiger partial charge in [-0.25, -0.2) is 0 Å². The van der Waals surface area contributed by atoms with Crippen LogP contribution in [0.4, 0.5) is 5.69 Å². The Morgan fingerprint density at radius 1 is 1.18 bits per heavy atom. The lowest BCUT2D eigenvalue weighted by Crippen LogP contribution is -2.23. The van der Waals surface area contributed by atoms with Crippen molar-refractivity contribution in [2.45, 2.75) is 20.0 Å². The van der Waals surface area contributed by atoms with Crippen molar-refractivity contribution in [3.63, 3.8) is 0 Å². The Bertz CT molecular complexity index is 235. The van der Waals surface area contributed by atoms with E-state index in [9.17, 15) is 0 Å². The number of hydrogen-bond donors (Lipinski definition) is 1. The quantitative estimate of drug-likeness (QED) is 0.492. The first-order chi connectivity index (χ1) is 5.09. The summed E-state index contributed by atoms with van der Waals surface area (Å²) in [5.41, 5.74) is 7.90. The monoisotopic (exact) mass is 165 g/mol. The van der Waals surface area contributed by atoms with Crippen LogP contribution in [0.3, 0.4) is 0 Å². The normalized spacial score (nSPS) is 10.5. The Labute approximate surface area is 69.8 Å². The molecule has 0 heterocycles.